The van der Waals surface area contributed by atoms with E-state index in [9.17, 15) is 4.79 Å². The molecule has 6 heteroatoms. The van der Waals surface area contributed by atoms with Crippen LogP contribution >= 0.6 is 23.2 Å². The number of piperazine rings is 1. The minimum absolute atomic E-state index is 0.0726. The van der Waals surface area contributed by atoms with Crippen LogP contribution in [0.2, 0.25) is 10.0 Å². The Morgan fingerprint density at radius 2 is 1.67 bits per heavy atom. The molecule has 1 amide bonds. The highest BCUT2D eigenvalue weighted by Gasteiger charge is 2.18. The van der Waals surface area contributed by atoms with Gasteiger partial charge in [0.15, 0.2) is 0 Å². The summed E-state index contributed by atoms with van der Waals surface area (Å²) < 4.78 is 0. The lowest BCUT2D eigenvalue weighted by molar-refractivity contribution is -0.117. The van der Waals surface area contributed by atoms with Gasteiger partial charge in [-0.3, -0.25) is 14.6 Å². The van der Waals surface area contributed by atoms with Crippen molar-refractivity contribution in [3.63, 3.8) is 0 Å². The minimum Gasteiger partial charge on any atom is -0.324 e. The van der Waals surface area contributed by atoms with Crippen molar-refractivity contribution in [2.45, 2.75) is 0 Å². The molecular weight excluding hydrogens is 381 g/mol. The molecule has 142 valence electrons. The van der Waals surface area contributed by atoms with Gasteiger partial charge < -0.3 is 5.32 Å². The van der Waals surface area contributed by atoms with Crippen molar-refractivity contribution in [2.75, 3.05) is 44.6 Å². The lowest BCUT2D eigenvalue weighted by atomic mass is 10.2. The average Bonchev–Trinajstić information content (AvgIpc) is 2.68. The lowest BCUT2D eigenvalue weighted by Crippen LogP contribution is -2.48. The summed E-state index contributed by atoms with van der Waals surface area (Å²) in [6.07, 6.45) is 4.34. The SMILES string of the molecule is O=C(CN1CCN(CC=Cc2ccccc2)CC1)Nc1cccc(Cl)c1Cl. The number of nitrogens with zero attached hydrogens (tertiary/aromatic N) is 2. The van der Waals surface area contributed by atoms with Gasteiger partial charge in [0.2, 0.25) is 5.91 Å². The Morgan fingerprint density at radius 1 is 0.963 bits per heavy atom. The fourth-order valence-electron chi connectivity index (χ4n) is 3.03. The van der Waals surface area contributed by atoms with Gasteiger partial charge in [-0.05, 0) is 17.7 Å². The second-order valence-corrected chi connectivity index (χ2v) is 7.32. The van der Waals surface area contributed by atoms with Crippen molar-refractivity contribution >= 4 is 40.9 Å². The number of hydrogen-bond donors (Lipinski definition) is 1. The highest BCUT2D eigenvalue weighted by molar-refractivity contribution is 6.44. The first-order chi connectivity index (χ1) is 13.1. The standard InChI is InChI=1S/C21H23Cl2N3O/c22-18-9-4-10-19(21(18)23)24-20(27)16-26-14-12-25(13-15-26)11-5-8-17-6-2-1-3-7-17/h1-10H,11-16H2,(H,24,27). The molecule has 1 heterocycles. The Kier molecular flexibility index (Phi) is 7.30. The summed E-state index contributed by atoms with van der Waals surface area (Å²) in [4.78, 5) is 16.8. The summed E-state index contributed by atoms with van der Waals surface area (Å²) in [5, 5.41) is 3.65. The number of amides is 1. The van der Waals surface area contributed by atoms with E-state index in [1.807, 2.05) is 18.2 Å². The van der Waals surface area contributed by atoms with Gasteiger partial charge in [0, 0.05) is 32.7 Å². The highest BCUT2D eigenvalue weighted by atomic mass is 35.5. The van der Waals surface area contributed by atoms with Crippen molar-refractivity contribution in [1.82, 2.24) is 9.80 Å². The van der Waals surface area contributed by atoms with E-state index in [4.69, 9.17) is 23.2 Å². The lowest BCUT2D eigenvalue weighted by Gasteiger charge is -2.33. The molecule has 27 heavy (non-hydrogen) atoms. The van der Waals surface area contributed by atoms with Gasteiger partial charge in [-0.1, -0.05) is 71.8 Å². The van der Waals surface area contributed by atoms with E-state index in [1.165, 1.54) is 5.56 Å². The molecule has 0 bridgehead atoms. The first kappa shape index (κ1) is 19.9. The zero-order valence-electron chi connectivity index (χ0n) is 15.1. The molecule has 2 aromatic rings. The number of carbonyl (C=O) groups excluding carboxylic acids is 1. The predicted octanol–water partition coefficient (Wildman–Crippen LogP) is 4.26. The molecule has 1 saturated heterocycles. The van der Waals surface area contributed by atoms with Gasteiger partial charge in [-0.25, -0.2) is 0 Å². The number of rotatable bonds is 6. The van der Waals surface area contributed by atoms with E-state index in [0.717, 1.165) is 32.7 Å². The van der Waals surface area contributed by atoms with Crippen LogP contribution in [0.3, 0.4) is 0 Å². The number of carbonyl (C=O) groups is 1. The van der Waals surface area contributed by atoms with Crippen molar-refractivity contribution in [3.05, 3.63) is 70.2 Å². The van der Waals surface area contributed by atoms with Crippen LogP contribution in [-0.4, -0.2) is 55.0 Å². The molecule has 1 N–H and O–H groups in total. The van der Waals surface area contributed by atoms with Gasteiger partial charge in [-0.2, -0.15) is 0 Å². The van der Waals surface area contributed by atoms with Gasteiger partial charge in [-0.15, -0.1) is 0 Å². The van der Waals surface area contributed by atoms with Gasteiger partial charge in [0.05, 0.1) is 22.3 Å². The smallest absolute Gasteiger partial charge is 0.238 e. The van der Waals surface area contributed by atoms with E-state index < -0.39 is 0 Å². The minimum atomic E-state index is -0.0726. The molecule has 0 aromatic heterocycles. The van der Waals surface area contributed by atoms with E-state index >= 15 is 0 Å². The monoisotopic (exact) mass is 403 g/mol. The zero-order chi connectivity index (χ0) is 19.1. The Hall–Kier alpha value is -1.85. The molecule has 1 aliphatic heterocycles. The van der Waals surface area contributed by atoms with Crippen LogP contribution in [0.5, 0.6) is 0 Å². The van der Waals surface area contributed by atoms with Crippen LogP contribution in [0, 0.1) is 0 Å². The van der Waals surface area contributed by atoms with Crippen LogP contribution in [0.15, 0.2) is 54.6 Å². The summed E-state index contributed by atoms with van der Waals surface area (Å²) in [5.74, 6) is -0.0726. The Labute approximate surface area is 170 Å². The van der Waals surface area contributed by atoms with Crippen LogP contribution in [0.4, 0.5) is 5.69 Å². The molecule has 1 fully saturated rings. The maximum atomic E-state index is 12.3. The highest BCUT2D eigenvalue weighted by Crippen LogP contribution is 2.29. The van der Waals surface area contributed by atoms with Crippen LogP contribution < -0.4 is 5.32 Å². The van der Waals surface area contributed by atoms with E-state index in [-0.39, 0.29) is 5.91 Å². The molecule has 3 rings (SSSR count). The molecule has 4 nitrogen and oxygen atoms in total. The molecule has 0 saturated carbocycles. The average molecular weight is 404 g/mol. The van der Waals surface area contributed by atoms with Crippen molar-refractivity contribution in [2.24, 2.45) is 0 Å². The van der Waals surface area contributed by atoms with Gasteiger partial charge in [0.1, 0.15) is 0 Å². The van der Waals surface area contributed by atoms with Crippen molar-refractivity contribution in [1.29, 1.82) is 0 Å². The summed E-state index contributed by atoms with van der Waals surface area (Å²) in [7, 11) is 0. The van der Waals surface area contributed by atoms with Crippen molar-refractivity contribution in [3.8, 4) is 0 Å². The van der Waals surface area contributed by atoms with E-state index in [0.29, 0.717) is 22.3 Å². The number of hydrogen-bond acceptors (Lipinski definition) is 3. The second kappa shape index (κ2) is 9.90. The molecule has 0 aliphatic carbocycles. The molecule has 0 atom stereocenters. The van der Waals surface area contributed by atoms with E-state index in [1.54, 1.807) is 18.2 Å². The number of anilines is 1. The Balaban J connectivity index is 1.40. The molecule has 0 spiro atoms. The summed E-state index contributed by atoms with van der Waals surface area (Å²) in [5.41, 5.74) is 1.77. The number of nitrogens with one attached hydrogen (secondary N) is 1. The van der Waals surface area contributed by atoms with E-state index in [2.05, 4.69) is 39.4 Å². The first-order valence-electron chi connectivity index (χ1n) is 9.02. The Bertz CT molecular complexity index is 787. The Morgan fingerprint density at radius 3 is 2.41 bits per heavy atom. The third-order valence-corrected chi connectivity index (χ3v) is 5.35. The fraction of sp³-hybridized carbons (Fsp3) is 0.286. The van der Waals surface area contributed by atoms with Crippen LogP contribution in [-0.2, 0) is 4.79 Å². The van der Waals surface area contributed by atoms with Gasteiger partial charge >= 0.3 is 0 Å². The molecule has 1 aliphatic rings. The fourth-order valence-corrected chi connectivity index (χ4v) is 3.37. The third kappa shape index (κ3) is 6.08. The second-order valence-electron chi connectivity index (χ2n) is 6.54. The number of halogens is 2. The molecule has 2 aromatic carbocycles. The topological polar surface area (TPSA) is 35.6 Å². The quantitative estimate of drug-likeness (QED) is 0.782. The van der Waals surface area contributed by atoms with Gasteiger partial charge in [0.25, 0.3) is 0 Å². The summed E-state index contributed by atoms with van der Waals surface area (Å²) in [6, 6.07) is 15.5. The summed E-state index contributed by atoms with van der Waals surface area (Å²) >= 11 is 12.1. The maximum Gasteiger partial charge on any atom is 0.238 e. The molecule has 0 unspecified atom stereocenters. The largest absolute Gasteiger partial charge is 0.324 e. The number of benzene rings is 2. The van der Waals surface area contributed by atoms with Crippen LogP contribution in [0.1, 0.15) is 5.56 Å². The first-order valence-corrected chi connectivity index (χ1v) is 9.77. The summed E-state index contributed by atoms with van der Waals surface area (Å²) in [6.45, 7) is 4.92. The molecular formula is C21H23Cl2N3O. The normalized spacial score (nSPS) is 15.9. The maximum absolute atomic E-state index is 12.3. The predicted molar refractivity (Wildman–Crippen MR) is 113 cm³/mol. The third-order valence-electron chi connectivity index (χ3n) is 4.53. The van der Waals surface area contributed by atoms with Crippen molar-refractivity contribution < 1.29 is 4.79 Å². The molecule has 0 radical (unpaired) electrons. The van der Waals surface area contributed by atoms with Crippen LogP contribution in [0.25, 0.3) is 6.08 Å². The zero-order valence-corrected chi connectivity index (χ0v) is 16.6.